The first-order valence-electron chi connectivity index (χ1n) is 10.5. The molecule has 1 aliphatic rings. The molecule has 1 aliphatic heterocycles. The van der Waals surface area contributed by atoms with Crippen LogP contribution in [-0.4, -0.2) is 53.9 Å². The van der Waals surface area contributed by atoms with Crippen molar-refractivity contribution in [3.05, 3.63) is 78.2 Å². The summed E-state index contributed by atoms with van der Waals surface area (Å²) in [7, 11) is 1.91. The van der Waals surface area contributed by atoms with Crippen LogP contribution < -0.4 is 10.5 Å². The second-order valence-electron chi connectivity index (χ2n) is 7.90. The largest absolute Gasteiger partial charge is 0.492 e. The first kappa shape index (κ1) is 23.3. The molecule has 0 atom stereocenters. The van der Waals surface area contributed by atoms with E-state index in [4.69, 9.17) is 10.5 Å². The number of ether oxygens (including phenoxy) is 1. The molecule has 1 aromatic heterocycles. The summed E-state index contributed by atoms with van der Waals surface area (Å²) in [6, 6.07) is 18.8. The fraction of sp³-hybridized carbons (Fsp3) is 0.375. The first-order valence-corrected chi connectivity index (χ1v) is 10.9. The van der Waals surface area contributed by atoms with Gasteiger partial charge in [-0.05, 0) is 29.7 Å². The zero-order valence-corrected chi connectivity index (χ0v) is 18.8. The minimum absolute atomic E-state index is 0.0264. The summed E-state index contributed by atoms with van der Waals surface area (Å²) >= 11 is 3.97. The number of nitrogens with two attached hydrogens (primary N) is 1. The normalized spacial score (nSPS) is 15.0. The van der Waals surface area contributed by atoms with Gasteiger partial charge in [0, 0.05) is 44.8 Å². The van der Waals surface area contributed by atoms with Crippen LogP contribution in [0.25, 0.3) is 0 Å². The second kappa shape index (κ2) is 11.3. The quantitative estimate of drug-likeness (QED) is 0.525. The number of likely N-dealkylation sites (tertiary alicyclic amines) is 1. The molecular weight excluding hydrogens is 411 g/mol. The van der Waals surface area contributed by atoms with Crippen LogP contribution in [0.4, 0.5) is 4.39 Å². The molecule has 0 amide bonds. The number of hydrogen-bond donors (Lipinski definition) is 2. The molecule has 0 spiro atoms. The lowest BCUT2D eigenvalue weighted by Crippen LogP contribution is -2.60. The molecule has 2 aromatic carbocycles. The Morgan fingerprint density at radius 2 is 1.94 bits per heavy atom. The minimum Gasteiger partial charge on any atom is -0.492 e. The number of hydrogen-bond acceptors (Lipinski definition) is 5. The lowest BCUT2D eigenvalue weighted by Gasteiger charge is -2.51. The fourth-order valence-electron chi connectivity index (χ4n) is 3.96. The average Bonchev–Trinajstić information content (AvgIpc) is 3.14. The number of benzene rings is 2. The van der Waals surface area contributed by atoms with Crippen molar-refractivity contribution in [1.29, 1.82) is 0 Å². The maximum Gasteiger partial charge on any atom is 0.119 e. The molecule has 0 aliphatic carbocycles. The number of aromatic nitrogens is 2. The highest BCUT2D eigenvalue weighted by Crippen LogP contribution is 2.39. The molecular formula is C24H31FN4OS. The summed E-state index contributed by atoms with van der Waals surface area (Å²) in [5.74, 6) is 0.856. The van der Waals surface area contributed by atoms with E-state index in [1.807, 2.05) is 36.0 Å². The average molecular weight is 443 g/mol. The van der Waals surface area contributed by atoms with Crippen molar-refractivity contribution in [3.8, 4) is 5.75 Å². The lowest BCUT2D eigenvalue weighted by atomic mass is 9.69. The molecule has 1 fully saturated rings. The van der Waals surface area contributed by atoms with E-state index in [2.05, 4.69) is 58.9 Å². The van der Waals surface area contributed by atoms with Gasteiger partial charge in [-0.15, -0.1) is 12.6 Å². The maximum absolute atomic E-state index is 12.7. The molecule has 0 unspecified atom stereocenters. The van der Waals surface area contributed by atoms with Crippen LogP contribution in [0.2, 0.25) is 0 Å². The number of nitrogens with zero attached hydrogens (tertiary/aromatic N) is 3. The van der Waals surface area contributed by atoms with Gasteiger partial charge in [-0.25, -0.2) is 9.37 Å². The van der Waals surface area contributed by atoms with Crippen LogP contribution in [0, 0.1) is 0 Å². The molecule has 0 bridgehead atoms. The summed E-state index contributed by atoms with van der Waals surface area (Å²) in [6.07, 6.45) is 4.50. The Balaban J connectivity index is 0.000000330. The highest BCUT2D eigenvalue weighted by Gasteiger charge is 2.44. The molecule has 1 saturated heterocycles. The number of imidazole rings is 1. The van der Waals surface area contributed by atoms with Gasteiger partial charge in [0.2, 0.25) is 0 Å². The smallest absolute Gasteiger partial charge is 0.119 e. The summed E-state index contributed by atoms with van der Waals surface area (Å²) in [6.45, 7) is 3.01. The third-order valence-corrected chi connectivity index (χ3v) is 5.59. The molecule has 31 heavy (non-hydrogen) atoms. The van der Waals surface area contributed by atoms with Crippen molar-refractivity contribution >= 4 is 12.6 Å². The highest BCUT2D eigenvalue weighted by atomic mass is 32.1. The van der Waals surface area contributed by atoms with E-state index in [0.29, 0.717) is 19.7 Å². The van der Waals surface area contributed by atoms with Crippen LogP contribution >= 0.6 is 12.6 Å². The number of thiol groups is 1. The van der Waals surface area contributed by atoms with E-state index in [0.717, 1.165) is 30.3 Å². The monoisotopic (exact) mass is 442 g/mol. The number of alkyl halides is 1. The standard InChI is InChI=1S/C20H25FN2O.C4H6N2S/c21-9-11-23-15-20(16-23,14-17-5-2-1-3-6-17)18-7-4-8-19(13-18)24-12-10-22;1-6-2-4(7)5-3-6/h1-8,13H,9-12,14-16,22H2;2-3,7H,1H3. The first-order chi connectivity index (χ1) is 15.0. The maximum atomic E-state index is 12.7. The summed E-state index contributed by atoms with van der Waals surface area (Å²) < 4.78 is 20.2. The fourth-order valence-corrected chi connectivity index (χ4v) is 4.20. The van der Waals surface area contributed by atoms with Crippen molar-refractivity contribution in [2.75, 3.05) is 39.5 Å². The Morgan fingerprint density at radius 3 is 2.52 bits per heavy atom. The molecule has 7 heteroatoms. The molecule has 2 heterocycles. The third kappa shape index (κ3) is 6.56. The van der Waals surface area contributed by atoms with Crippen LogP contribution in [0.5, 0.6) is 5.75 Å². The molecule has 0 radical (unpaired) electrons. The van der Waals surface area contributed by atoms with Gasteiger partial charge in [0.1, 0.15) is 24.1 Å². The van der Waals surface area contributed by atoms with E-state index >= 15 is 0 Å². The molecule has 0 saturated carbocycles. The van der Waals surface area contributed by atoms with Crippen molar-refractivity contribution in [3.63, 3.8) is 0 Å². The zero-order valence-electron chi connectivity index (χ0n) is 18.0. The van der Waals surface area contributed by atoms with Gasteiger partial charge in [-0.3, -0.25) is 4.90 Å². The van der Waals surface area contributed by atoms with Gasteiger partial charge in [0.25, 0.3) is 0 Å². The summed E-state index contributed by atoms with van der Waals surface area (Å²) in [4.78, 5) is 6.02. The Kier molecular flexibility index (Phi) is 8.51. The Bertz CT molecular complexity index is 912. The minimum atomic E-state index is -0.291. The second-order valence-corrected chi connectivity index (χ2v) is 8.36. The van der Waals surface area contributed by atoms with E-state index < -0.39 is 0 Å². The van der Waals surface area contributed by atoms with Gasteiger partial charge in [-0.2, -0.15) is 0 Å². The van der Waals surface area contributed by atoms with Crippen molar-refractivity contribution in [2.24, 2.45) is 12.8 Å². The van der Waals surface area contributed by atoms with E-state index in [9.17, 15) is 4.39 Å². The van der Waals surface area contributed by atoms with Gasteiger partial charge >= 0.3 is 0 Å². The molecule has 3 aromatic rings. The Morgan fingerprint density at radius 1 is 1.16 bits per heavy atom. The van der Waals surface area contributed by atoms with Gasteiger partial charge in [-0.1, -0.05) is 42.5 Å². The molecule has 2 N–H and O–H groups in total. The van der Waals surface area contributed by atoms with Gasteiger partial charge < -0.3 is 15.0 Å². The highest BCUT2D eigenvalue weighted by molar-refractivity contribution is 7.80. The van der Waals surface area contributed by atoms with Crippen molar-refractivity contribution < 1.29 is 9.13 Å². The van der Waals surface area contributed by atoms with E-state index in [-0.39, 0.29) is 12.1 Å². The van der Waals surface area contributed by atoms with Crippen molar-refractivity contribution in [2.45, 2.75) is 16.9 Å². The number of halogens is 1. The number of rotatable bonds is 8. The van der Waals surface area contributed by atoms with Gasteiger partial charge in [0.15, 0.2) is 0 Å². The molecule has 5 nitrogen and oxygen atoms in total. The Hall–Kier alpha value is -2.35. The van der Waals surface area contributed by atoms with Crippen LogP contribution in [0.1, 0.15) is 11.1 Å². The van der Waals surface area contributed by atoms with Crippen molar-refractivity contribution in [1.82, 2.24) is 14.5 Å². The van der Waals surface area contributed by atoms with E-state index in [1.54, 1.807) is 6.33 Å². The predicted molar refractivity (Wildman–Crippen MR) is 126 cm³/mol. The molecule has 4 rings (SSSR count). The summed E-state index contributed by atoms with van der Waals surface area (Å²) in [5, 5.41) is 0.766. The van der Waals surface area contributed by atoms with Crippen LogP contribution in [0.15, 0.2) is 72.1 Å². The van der Waals surface area contributed by atoms with Crippen LogP contribution in [-0.2, 0) is 18.9 Å². The topological polar surface area (TPSA) is 56.3 Å². The van der Waals surface area contributed by atoms with Crippen LogP contribution in [0.3, 0.4) is 0 Å². The summed E-state index contributed by atoms with van der Waals surface area (Å²) in [5.41, 5.74) is 8.12. The lowest BCUT2D eigenvalue weighted by molar-refractivity contribution is 0.0587. The molecule has 166 valence electrons. The van der Waals surface area contributed by atoms with Gasteiger partial charge in [0.05, 0.1) is 6.33 Å². The zero-order chi connectivity index (χ0) is 22.1. The SMILES string of the molecule is Cn1cnc(S)c1.NCCOc1cccc(C2(Cc3ccccc3)CN(CCF)C2)c1. The number of aryl methyl sites for hydroxylation is 1. The van der Waals surface area contributed by atoms with E-state index in [1.165, 1.54) is 11.1 Å². The third-order valence-electron chi connectivity index (χ3n) is 5.36. The Labute approximate surface area is 189 Å². The predicted octanol–water partition coefficient (Wildman–Crippen LogP) is 3.50.